The minimum absolute atomic E-state index is 0.0266. The number of aromatic amines is 1. The summed E-state index contributed by atoms with van der Waals surface area (Å²) in [4.78, 5) is 19.2. The van der Waals surface area contributed by atoms with Crippen LogP contribution >= 0.6 is 27.7 Å². The summed E-state index contributed by atoms with van der Waals surface area (Å²) >= 11 is 4.75. The van der Waals surface area contributed by atoms with Crippen LogP contribution in [0.15, 0.2) is 63.0 Å². The minimum Gasteiger partial charge on any atom is -0.488 e. The van der Waals surface area contributed by atoms with Gasteiger partial charge in [0.2, 0.25) is 0 Å². The topological polar surface area (TPSA) is 78.8 Å². The maximum atomic E-state index is 12.2. The second kappa shape index (κ2) is 8.21. The van der Waals surface area contributed by atoms with Crippen molar-refractivity contribution in [3.8, 4) is 23.1 Å². The second-order valence-electron chi connectivity index (χ2n) is 5.33. The Kier molecular flexibility index (Phi) is 5.76. The Morgan fingerprint density at radius 3 is 2.81 bits per heavy atom. The van der Waals surface area contributed by atoms with Crippen LogP contribution in [-0.4, -0.2) is 16.2 Å². The molecular formula is C19H14BrN3O2S. The summed E-state index contributed by atoms with van der Waals surface area (Å²) in [5.41, 5.74) is 1.45. The van der Waals surface area contributed by atoms with Crippen LogP contribution < -0.4 is 10.3 Å². The van der Waals surface area contributed by atoms with Gasteiger partial charge in [-0.25, -0.2) is 4.98 Å². The molecule has 0 saturated carbocycles. The van der Waals surface area contributed by atoms with Crippen LogP contribution in [0, 0.1) is 11.3 Å². The highest BCUT2D eigenvalue weighted by atomic mass is 79.9. The van der Waals surface area contributed by atoms with Crippen LogP contribution in [0.1, 0.15) is 11.1 Å². The number of nitrogens with one attached hydrogen (secondary N) is 1. The molecule has 5 nitrogen and oxygen atoms in total. The maximum Gasteiger partial charge on any atom is 0.270 e. The van der Waals surface area contributed by atoms with E-state index in [0.29, 0.717) is 28.8 Å². The van der Waals surface area contributed by atoms with Gasteiger partial charge in [-0.3, -0.25) is 4.79 Å². The van der Waals surface area contributed by atoms with Gasteiger partial charge in [0, 0.05) is 10.0 Å². The molecule has 26 heavy (non-hydrogen) atoms. The number of thioether (sulfide) groups is 1. The summed E-state index contributed by atoms with van der Waals surface area (Å²) in [6.45, 7) is 0.358. The van der Waals surface area contributed by atoms with E-state index in [9.17, 15) is 10.1 Å². The molecule has 0 aliphatic rings. The molecule has 3 aromatic rings. The Morgan fingerprint density at radius 2 is 2.08 bits per heavy atom. The number of hydrogen-bond donors (Lipinski definition) is 1. The highest BCUT2D eigenvalue weighted by molar-refractivity contribution is 9.10. The van der Waals surface area contributed by atoms with Crippen LogP contribution in [0.3, 0.4) is 0 Å². The number of ether oxygens (including phenoxy) is 1. The zero-order valence-corrected chi connectivity index (χ0v) is 16.2. The third kappa shape index (κ3) is 3.98. The van der Waals surface area contributed by atoms with Gasteiger partial charge in [-0.2, -0.15) is 5.26 Å². The van der Waals surface area contributed by atoms with E-state index in [-0.39, 0.29) is 5.56 Å². The molecule has 2 aromatic carbocycles. The summed E-state index contributed by atoms with van der Waals surface area (Å²) in [6.07, 6.45) is 1.81. The van der Waals surface area contributed by atoms with Gasteiger partial charge in [-0.1, -0.05) is 52.0 Å². The first-order valence-electron chi connectivity index (χ1n) is 7.67. The Hall–Kier alpha value is -2.56. The molecule has 0 spiro atoms. The van der Waals surface area contributed by atoms with Gasteiger partial charge in [0.1, 0.15) is 29.7 Å². The van der Waals surface area contributed by atoms with Crippen LogP contribution in [-0.2, 0) is 6.61 Å². The van der Waals surface area contributed by atoms with Crippen molar-refractivity contribution < 1.29 is 4.74 Å². The lowest BCUT2D eigenvalue weighted by atomic mass is 10.1. The molecular weight excluding hydrogens is 414 g/mol. The minimum atomic E-state index is -0.455. The van der Waals surface area contributed by atoms with E-state index in [1.165, 1.54) is 11.8 Å². The van der Waals surface area contributed by atoms with Crippen molar-refractivity contribution in [1.29, 1.82) is 5.26 Å². The van der Waals surface area contributed by atoms with Crippen molar-refractivity contribution >= 4 is 27.7 Å². The lowest BCUT2D eigenvalue weighted by Crippen LogP contribution is -2.15. The molecule has 0 saturated heterocycles. The number of H-pyrrole nitrogens is 1. The monoisotopic (exact) mass is 427 g/mol. The summed E-state index contributed by atoms with van der Waals surface area (Å²) in [5, 5.41) is 9.84. The summed E-state index contributed by atoms with van der Waals surface area (Å²) in [7, 11) is 0. The average Bonchev–Trinajstić information content (AvgIpc) is 2.66. The number of nitriles is 1. The first kappa shape index (κ1) is 18.2. The van der Waals surface area contributed by atoms with E-state index in [1.807, 2.05) is 48.7 Å². The third-order valence-corrected chi connectivity index (χ3v) is 4.70. The Labute approximate surface area is 163 Å². The van der Waals surface area contributed by atoms with Gasteiger partial charge < -0.3 is 9.72 Å². The molecule has 130 valence electrons. The van der Waals surface area contributed by atoms with Gasteiger partial charge in [0.25, 0.3) is 5.56 Å². The first-order valence-corrected chi connectivity index (χ1v) is 9.69. The Balaban J connectivity index is 2.01. The number of halogens is 1. The predicted octanol–water partition coefficient (Wildman–Crippen LogP) is 4.37. The smallest absolute Gasteiger partial charge is 0.270 e. The highest BCUT2D eigenvalue weighted by Crippen LogP contribution is 2.31. The lowest BCUT2D eigenvalue weighted by molar-refractivity contribution is 0.307. The SMILES string of the molecule is CSc1nc(-c2ccccc2OCc2cccc(Br)c2)c(C#N)c(=O)[nH]1. The molecule has 0 amide bonds. The molecule has 3 rings (SSSR count). The molecule has 1 N–H and O–H groups in total. The molecule has 1 aromatic heterocycles. The number of para-hydroxylation sites is 1. The van der Waals surface area contributed by atoms with E-state index in [4.69, 9.17) is 4.74 Å². The second-order valence-corrected chi connectivity index (χ2v) is 7.04. The van der Waals surface area contributed by atoms with Gasteiger partial charge in [-0.15, -0.1) is 0 Å². The fraction of sp³-hybridized carbons (Fsp3) is 0.105. The zero-order valence-electron chi connectivity index (χ0n) is 13.8. The summed E-state index contributed by atoms with van der Waals surface area (Å²) in [6, 6.07) is 17.0. The first-order chi connectivity index (χ1) is 12.6. The van der Waals surface area contributed by atoms with Crippen molar-refractivity contribution in [2.75, 3.05) is 6.26 Å². The van der Waals surface area contributed by atoms with Crippen molar-refractivity contribution in [2.24, 2.45) is 0 Å². The molecule has 0 bridgehead atoms. The number of nitrogens with zero attached hydrogens (tertiary/aromatic N) is 2. The molecule has 0 radical (unpaired) electrons. The van der Waals surface area contributed by atoms with Crippen LogP contribution in [0.5, 0.6) is 5.75 Å². The van der Waals surface area contributed by atoms with Gasteiger partial charge >= 0.3 is 0 Å². The molecule has 0 unspecified atom stereocenters. The highest BCUT2D eigenvalue weighted by Gasteiger charge is 2.16. The standard InChI is InChI=1S/C19H14BrN3O2S/c1-26-19-22-17(15(10-21)18(24)23-19)14-7-2-3-8-16(14)25-11-12-5-4-6-13(20)9-12/h2-9H,11H2,1H3,(H,22,23,24). The van der Waals surface area contributed by atoms with E-state index >= 15 is 0 Å². The van der Waals surface area contributed by atoms with Crippen molar-refractivity contribution in [1.82, 2.24) is 9.97 Å². The van der Waals surface area contributed by atoms with Crippen LogP contribution in [0.25, 0.3) is 11.3 Å². The fourth-order valence-corrected chi connectivity index (χ4v) is 3.25. The van der Waals surface area contributed by atoms with E-state index in [0.717, 1.165) is 10.0 Å². The zero-order chi connectivity index (χ0) is 18.5. The predicted molar refractivity (Wildman–Crippen MR) is 105 cm³/mol. The Morgan fingerprint density at radius 1 is 1.27 bits per heavy atom. The summed E-state index contributed by atoms with van der Waals surface area (Å²) < 4.78 is 6.93. The maximum absolute atomic E-state index is 12.2. The van der Waals surface area contributed by atoms with Gasteiger partial charge in [0.05, 0.1) is 0 Å². The normalized spacial score (nSPS) is 10.3. The van der Waals surface area contributed by atoms with Crippen molar-refractivity contribution in [3.63, 3.8) is 0 Å². The average molecular weight is 428 g/mol. The molecule has 0 atom stereocenters. The molecule has 1 heterocycles. The van der Waals surface area contributed by atoms with Crippen molar-refractivity contribution in [2.45, 2.75) is 11.8 Å². The van der Waals surface area contributed by atoms with Gasteiger partial charge in [0.15, 0.2) is 5.16 Å². The van der Waals surface area contributed by atoms with Crippen LogP contribution in [0.4, 0.5) is 0 Å². The van der Waals surface area contributed by atoms with E-state index in [2.05, 4.69) is 25.9 Å². The number of benzene rings is 2. The number of rotatable bonds is 5. The van der Waals surface area contributed by atoms with Crippen molar-refractivity contribution in [3.05, 3.63) is 74.5 Å². The largest absolute Gasteiger partial charge is 0.488 e. The third-order valence-electron chi connectivity index (χ3n) is 3.63. The van der Waals surface area contributed by atoms with Gasteiger partial charge in [-0.05, 0) is 36.1 Å². The van der Waals surface area contributed by atoms with E-state index < -0.39 is 5.56 Å². The summed E-state index contributed by atoms with van der Waals surface area (Å²) in [5.74, 6) is 0.564. The fourth-order valence-electron chi connectivity index (χ4n) is 2.42. The Bertz CT molecular complexity index is 1040. The lowest BCUT2D eigenvalue weighted by Gasteiger charge is -2.12. The molecule has 7 heteroatoms. The number of hydrogen-bond acceptors (Lipinski definition) is 5. The quantitative estimate of drug-likeness (QED) is 0.482. The number of aromatic nitrogens is 2. The van der Waals surface area contributed by atoms with Crippen LogP contribution in [0.2, 0.25) is 0 Å². The molecule has 0 fully saturated rings. The molecule has 0 aliphatic heterocycles. The van der Waals surface area contributed by atoms with E-state index in [1.54, 1.807) is 12.1 Å². The molecule has 0 aliphatic carbocycles.